The van der Waals surface area contributed by atoms with Crippen LogP contribution in [0.25, 0.3) is 0 Å². The number of amides is 1. The SMILES string of the molecule is CSCCC(=O)N(CC(N)=NO)C(C)C. The van der Waals surface area contributed by atoms with Crippen LogP contribution < -0.4 is 5.73 Å². The van der Waals surface area contributed by atoms with Crippen LogP contribution in [-0.4, -0.2) is 46.4 Å². The number of amidine groups is 1. The van der Waals surface area contributed by atoms with E-state index < -0.39 is 0 Å². The Kier molecular flexibility index (Phi) is 6.94. The number of hydrogen-bond donors (Lipinski definition) is 2. The van der Waals surface area contributed by atoms with Crippen molar-refractivity contribution < 1.29 is 10.0 Å². The van der Waals surface area contributed by atoms with E-state index in [4.69, 9.17) is 10.9 Å². The van der Waals surface area contributed by atoms with Gasteiger partial charge in [-0.15, -0.1) is 0 Å². The van der Waals surface area contributed by atoms with Gasteiger partial charge in [-0.3, -0.25) is 4.79 Å². The van der Waals surface area contributed by atoms with Crippen molar-refractivity contribution in [2.45, 2.75) is 26.3 Å². The summed E-state index contributed by atoms with van der Waals surface area (Å²) in [5.41, 5.74) is 5.38. The van der Waals surface area contributed by atoms with Crippen molar-refractivity contribution in [1.82, 2.24) is 4.90 Å². The molecule has 3 N–H and O–H groups in total. The maximum Gasteiger partial charge on any atom is 0.224 e. The normalized spacial score (nSPS) is 11.9. The number of nitrogens with zero attached hydrogens (tertiary/aromatic N) is 2. The third kappa shape index (κ3) is 5.51. The summed E-state index contributed by atoms with van der Waals surface area (Å²) in [5.74, 6) is 0.880. The highest BCUT2D eigenvalue weighted by Crippen LogP contribution is 2.04. The first-order valence-corrected chi connectivity index (χ1v) is 6.17. The van der Waals surface area contributed by atoms with E-state index in [0.29, 0.717) is 6.42 Å². The molecule has 0 aromatic heterocycles. The lowest BCUT2D eigenvalue weighted by Crippen LogP contribution is -2.43. The van der Waals surface area contributed by atoms with Gasteiger partial charge in [0.05, 0.1) is 6.54 Å². The molecule has 0 saturated carbocycles. The lowest BCUT2D eigenvalue weighted by molar-refractivity contribution is -0.131. The second kappa shape index (κ2) is 7.39. The minimum atomic E-state index is 0.0333. The van der Waals surface area contributed by atoms with Gasteiger partial charge in [-0.1, -0.05) is 5.16 Å². The second-order valence-corrected chi connectivity index (χ2v) is 4.44. The van der Waals surface area contributed by atoms with Gasteiger partial charge in [0.2, 0.25) is 5.91 Å². The zero-order chi connectivity index (χ0) is 11.8. The van der Waals surface area contributed by atoms with Gasteiger partial charge < -0.3 is 15.8 Å². The minimum absolute atomic E-state index is 0.0333. The largest absolute Gasteiger partial charge is 0.409 e. The van der Waals surface area contributed by atoms with E-state index in [1.54, 1.807) is 16.7 Å². The maximum absolute atomic E-state index is 11.7. The Labute approximate surface area is 94.7 Å². The quantitative estimate of drug-likeness (QED) is 0.307. The van der Waals surface area contributed by atoms with Gasteiger partial charge in [-0.2, -0.15) is 11.8 Å². The molecule has 0 saturated heterocycles. The lowest BCUT2D eigenvalue weighted by atomic mass is 10.2. The summed E-state index contributed by atoms with van der Waals surface area (Å²) in [6, 6.07) is 0.0552. The molecule has 1 amide bonds. The lowest BCUT2D eigenvalue weighted by Gasteiger charge is -2.26. The smallest absolute Gasteiger partial charge is 0.224 e. The summed E-state index contributed by atoms with van der Waals surface area (Å²) >= 11 is 1.63. The number of oxime groups is 1. The Bertz CT molecular complexity index is 231. The summed E-state index contributed by atoms with van der Waals surface area (Å²) in [7, 11) is 0. The molecule has 15 heavy (non-hydrogen) atoms. The van der Waals surface area contributed by atoms with E-state index in [-0.39, 0.29) is 24.3 Å². The van der Waals surface area contributed by atoms with Gasteiger partial charge in [0.25, 0.3) is 0 Å². The van der Waals surface area contributed by atoms with Crippen molar-refractivity contribution in [1.29, 1.82) is 0 Å². The van der Waals surface area contributed by atoms with Gasteiger partial charge in [0, 0.05) is 18.2 Å². The van der Waals surface area contributed by atoms with E-state index in [1.165, 1.54) is 0 Å². The number of thioether (sulfide) groups is 1. The van der Waals surface area contributed by atoms with Crippen LogP contribution >= 0.6 is 11.8 Å². The van der Waals surface area contributed by atoms with Gasteiger partial charge in [-0.25, -0.2) is 0 Å². The Hall–Kier alpha value is -0.910. The summed E-state index contributed by atoms with van der Waals surface area (Å²) in [4.78, 5) is 13.3. The molecule has 5 nitrogen and oxygen atoms in total. The fourth-order valence-electron chi connectivity index (χ4n) is 1.10. The van der Waals surface area contributed by atoms with Gasteiger partial charge in [0.1, 0.15) is 0 Å². The van der Waals surface area contributed by atoms with Crippen molar-refractivity contribution in [3.05, 3.63) is 0 Å². The third-order valence-corrected chi connectivity index (χ3v) is 2.54. The van der Waals surface area contributed by atoms with Gasteiger partial charge >= 0.3 is 0 Å². The third-order valence-electron chi connectivity index (χ3n) is 1.92. The standard InChI is InChI=1S/C9H19N3O2S/c1-7(2)12(6-8(10)11-14)9(13)4-5-15-3/h7,14H,4-6H2,1-3H3,(H2,10,11). The van der Waals surface area contributed by atoms with E-state index in [0.717, 1.165) is 5.75 Å². The predicted molar refractivity (Wildman–Crippen MR) is 63.3 cm³/mol. The second-order valence-electron chi connectivity index (χ2n) is 3.45. The molecule has 0 aliphatic heterocycles. The number of hydrogen-bond acceptors (Lipinski definition) is 4. The molecule has 6 heteroatoms. The molecule has 0 aromatic rings. The molecule has 0 aliphatic carbocycles. The molecule has 0 aromatic carbocycles. The summed E-state index contributed by atoms with van der Waals surface area (Å²) in [6.07, 6.45) is 2.44. The Balaban J connectivity index is 4.32. The molecular formula is C9H19N3O2S. The number of carbonyl (C=O) groups is 1. The first-order valence-electron chi connectivity index (χ1n) is 4.77. The number of carbonyl (C=O) groups excluding carboxylic acids is 1. The summed E-state index contributed by atoms with van der Waals surface area (Å²) in [6.45, 7) is 3.99. The molecule has 0 bridgehead atoms. The van der Waals surface area contributed by atoms with Crippen LogP contribution in [0.2, 0.25) is 0 Å². The molecule has 0 heterocycles. The van der Waals surface area contributed by atoms with E-state index in [1.807, 2.05) is 20.1 Å². The monoisotopic (exact) mass is 233 g/mol. The summed E-state index contributed by atoms with van der Waals surface area (Å²) in [5, 5.41) is 11.3. The molecule has 88 valence electrons. The van der Waals surface area contributed by atoms with Crippen LogP contribution in [-0.2, 0) is 4.79 Å². The van der Waals surface area contributed by atoms with Crippen LogP contribution in [0.3, 0.4) is 0 Å². The van der Waals surface area contributed by atoms with Crippen LogP contribution in [0.4, 0.5) is 0 Å². The van der Waals surface area contributed by atoms with E-state index in [2.05, 4.69) is 5.16 Å². The molecule has 0 unspecified atom stereocenters. The van der Waals surface area contributed by atoms with E-state index >= 15 is 0 Å². The van der Waals surface area contributed by atoms with Crippen molar-refractivity contribution >= 4 is 23.5 Å². The molecular weight excluding hydrogens is 214 g/mol. The topological polar surface area (TPSA) is 78.9 Å². The Morgan fingerprint density at radius 3 is 2.60 bits per heavy atom. The summed E-state index contributed by atoms with van der Waals surface area (Å²) < 4.78 is 0. The first-order chi connectivity index (χ1) is 7.02. The molecule has 0 aliphatic rings. The Morgan fingerprint density at radius 1 is 1.60 bits per heavy atom. The highest BCUT2D eigenvalue weighted by atomic mass is 32.2. The average Bonchev–Trinajstić information content (AvgIpc) is 2.21. The van der Waals surface area contributed by atoms with Crippen LogP contribution in [0.5, 0.6) is 0 Å². The van der Waals surface area contributed by atoms with Crippen molar-refractivity contribution in [2.24, 2.45) is 10.9 Å². The van der Waals surface area contributed by atoms with E-state index in [9.17, 15) is 4.79 Å². The van der Waals surface area contributed by atoms with Crippen molar-refractivity contribution in [3.63, 3.8) is 0 Å². The fraction of sp³-hybridized carbons (Fsp3) is 0.778. The maximum atomic E-state index is 11.7. The first kappa shape index (κ1) is 14.1. The van der Waals surface area contributed by atoms with Crippen LogP contribution in [0.1, 0.15) is 20.3 Å². The average molecular weight is 233 g/mol. The Morgan fingerprint density at radius 2 is 2.20 bits per heavy atom. The van der Waals surface area contributed by atoms with Gasteiger partial charge in [-0.05, 0) is 20.1 Å². The zero-order valence-electron chi connectivity index (χ0n) is 9.43. The van der Waals surface area contributed by atoms with Gasteiger partial charge in [0.15, 0.2) is 5.84 Å². The molecule has 0 fully saturated rings. The molecule has 0 rings (SSSR count). The predicted octanol–water partition coefficient (Wildman–Crippen LogP) is 0.723. The van der Waals surface area contributed by atoms with Crippen LogP contribution in [0, 0.1) is 0 Å². The zero-order valence-corrected chi connectivity index (χ0v) is 10.3. The highest BCUT2D eigenvalue weighted by Gasteiger charge is 2.17. The van der Waals surface area contributed by atoms with Crippen molar-refractivity contribution in [3.8, 4) is 0 Å². The highest BCUT2D eigenvalue weighted by molar-refractivity contribution is 7.98. The number of nitrogens with two attached hydrogens (primary N) is 1. The fourth-order valence-corrected chi connectivity index (χ4v) is 1.48. The number of rotatable bonds is 6. The minimum Gasteiger partial charge on any atom is -0.409 e. The molecule has 0 atom stereocenters. The molecule has 0 radical (unpaired) electrons. The molecule has 0 spiro atoms. The van der Waals surface area contributed by atoms with Crippen molar-refractivity contribution in [2.75, 3.05) is 18.6 Å². The van der Waals surface area contributed by atoms with Crippen LogP contribution in [0.15, 0.2) is 5.16 Å².